The molecular weight excluding hydrogens is 390 g/mol. The zero-order chi connectivity index (χ0) is 22.3. The third-order valence-electron chi connectivity index (χ3n) is 5.26. The number of allylic oxidation sites excluding steroid dienone is 4. The van der Waals surface area contributed by atoms with Crippen LogP contribution in [0.3, 0.4) is 0 Å². The number of aromatic nitrogens is 3. The average Bonchev–Trinajstić information content (AvgIpc) is 2.85. The van der Waals surface area contributed by atoms with E-state index in [2.05, 4.69) is 74.5 Å². The Kier molecular flexibility index (Phi) is 6.66. The van der Waals surface area contributed by atoms with Crippen molar-refractivity contribution in [2.24, 2.45) is 0 Å². The number of benzene rings is 3. The molecule has 4 rings (SSSR count). The van der Waals surface area contributed by atoms with Gasteiger partial charge in [0.1, 0.15) is 0 Å². The lowest BCUT2D eigenvalue weighted by molar-refractivity contribution is 1.04. The molecule has 0 N–H and O–H groups in total. The molecule has 0 aliphatic heterocycles. The first kappa shape index (κ1) is 21.4. The Labute approximate surface area is 190 Å². The predicted octanol–water partition coefficient (Wildman–Crippen LogP) is 7.55. The molecule has 158 valence electrons. The number of nitrogens with zero attached hydrogens (tertiary/aromatic N) is 3. The van der Waals surface area contributed by atoms with E-state index in [4.69, 9.17) is 15.0 Å². The molecule has 0 saturated heterocycles. The summed E-state index contributed by atoms with van der Waals surface area (Å²) >= 11 is 0. The smallest absolute Gasteiger partial charge is 0.164 e. The average molecular weight is 418 g/mol. The quantitative estimate of drug-likeness (QED) is 0.304. The molecule has 0 saturated carbocycles. The van der Waals surface area contributed by atoms with Crippen LogP contribution in [0.5, 0.6) is 0 Å². The van der Waals surface area contributed by atoms with Crippen molar-refractivity contribution in [2.75, 3.05) is 0 Å². The van der Waals surface area contributed by atoms with Crippen LogP contribution in [0.25, 0.3) is 39.5 Å². The summed E-state index contributed by atoms with van der Waals surface area (Å²) in [7, 11) is 0. The monoisotopic (exact) mass is 417 g/mol. The molecule has 0 amide bonds. The molecule has 3 nitrogen and oxygen atoms in total. The molecule has 0 aliphatic rings. The Balaban J connectivity index is 1.79. The van der Waals surface area contributed by atoms with Crippen molar-refractivity contribution in [1.29, 1.82) is 0 Å². The topological polar surface area (TPSA) is 38.7 Å². The molecule has 32 heavy (non-hydrogen) atoms. The maximum atomic E-state index is 4.83. The summed E-state index contributed by atoms with van der Waals surface area (Å²) < 4.78 is 0. The molecule has 0 radical (unpaired) electrons. The number of rotatable bonds is 6. The normalized spacial score (nSPS) is 11.8. The second-order valence-electron chi connectivity index (χ2n) is 7.67. The number of aryl methyl sites for hydroxylation is 1. The van der Waals surface area contributed by atoms with E-state index in [9.17, 15) is 0 Å². The molecule has 0 spiro atoms. The van der Waals surface area contributed by atoms with Crippen LogP contribution in [0.1, 0.15) is 31.7 Å². The van der Waals surface area contributed by atoms with E-state index in [1.54, 1.807) is 0 Å². The molecule has 0 atom stereocenters. The van der Waals surface area contributed by atoms with Gasteiger partial charge in [0.25, 0.3) is 0 Å². The summed E-state index contributed by atoms with van der Waals surface area (Å²) in [5.74, 6) is 2.04. The highest BCUT2D eigenvalue weighted by molar-refractivity contribution is 5.73. The zero-order valence-electron chi connectivity index (χ0n) is 18.8. The molecule has 0 bridgehead atoms. The first-order valence-corrected chi connectivity index (χ1v) is 11.0. The summed E-state index contributed by atoms with van der Waals surface area (Å²) in [4.78, 5) is 14.4. The van der Waals surface area contributed by atoms with Gasteiger partial charge in [-0.1, -0.05) is 110 Å². The van der Waals surface area contributed by atoms with Crippen LogP contribution in [-0.4, -0.2) is 15.0 Å². The van der Waals surface area contributed by atoms with Crippen LogP contribution in [0.4, 0.5) is 0 Å². The Morgan fingerprint density at radius 2 is 1.34 bits per heavy atom. The van der Waals surface area contributed by atoms with Crippen LogP contribution in [0, 0.1) is 6.92 Å². The van der Waals surface area contributed by atoms with Gasteiger partial charge in [-0.15, -0.1) is 0 Å². The fourth-order valence-corrected chi connectivity index (χ4v) is 3.53. The zero-order valence-corrected chi connectivity index (χ0v) is 18.8. The van der Waals surface area contributed by atoms with Gasteiger partial charge in [-0.3, -0.25) is 0 Å². The first-order valence-electron chi connectivity index (χ1n) is 11.0. The highest BCUT2D eigenvalue weighted by Crippen LogP contribution is 2.26. The maximum absolute atomic E-state index is 4.83. The fourth-order valence-electron chi connectivity index (χ4n) is 3.53. The van der Waals surface area contributed by atoms with Crippen molar-refractivity contribution >= 4 is 5.57 Å². The molecule has 3 heteroatoms. The molecule has 1 aromatic heterocycles. The summed E-state index contributed by atoms with van der Waals surface area (Å²) in [5, 5.41) is 0. The lowest BCUT2D eigenvalue weighted by Crippen LogP contribution is -2.02. The van der Waals surface area contributed by atoms with Crippen molar-refractivity contribution in [3.05, 3.63) is 108 Å². The van der Waals surface area contributed by atoms with E-state index in [0.717, 1.165) is 23.1 Å². The predicted molar refractivity (Wildman–Crippen MR) is 134 cm³/mol. The van der Waals surface area contributed by atoms with Crippen molar-refractivity contribution in [2.45, 2.75) is 27.2 Å². The van der Waals surface area contributed by atoms with Crippen molar-refractivity contribution < 1.29 is 0 Å². The SMILES string of the molecule is C/C=C(\C=C/CC)c1nc(-c2ccccc2)nc(-c2ccc(-c3cccc(C)c3)cc2)n1. The Hall–Kier alpha value is -3.85. The minimum Gasteiger partial charge on any atom is -0.208 e. The van der Waals surface area contributed by atoms with E-state index >= 15 is 0 Å². The van der Waals surface area contributed by atoms with Crippen LogP contribution in [-0.2, 0) is 0 Å². The molecule has 3 aromatic carbocycles. The summed E-state index contributed by atoms with van der Waals surface area (Å²) in [5.41, 5.74) is 6.57. The molecule has 4 aromatic rings. The molecule has 0 fully saturated rings. The lowest BCUT2D eigenvalue weighted by Gasteiger charge is -2.09. The Morgan fingerprint density at radius 1 is 0.719 bits per heavy atom. The van der Waals surface area contributed by atoms with Gasteiger partial charge in [0.05, 0.1) is 0 Å². The van der Waals surface area contributed by atoms with Gasteiger partial charge in [0, 0.05) is 16.7 Å². The number of hydrogen-bond donors (Lipinski definition) is 0. The van der Waals surface area contributed by atoms with E-state index in [1.165, 1.54) is 16.7 Å². The van der Waals surface area contributed by atoms with Crippen LogP contribution < -0.4 is 0 Å². The van der Waals surface area contributed by atoms with Crippen LogP contribution in [0.15, 0.2) is 97.1 Å². The Morgan fingerprint density at radius 3 is 1.97 bits per heavy atom. The van der Waals surface area contributed by atoms with Crippen molar-refractivity contribution in [3.63, 3.8) is 0 Å². The third-order valence-corrected chi connectivity index (χ3v) is 5.26. The van der Waals surface area contributed by atoms with Crippen molar-refractivity contribution in [1.82, 2.24) is 15.0 Å². The maximum Gasteiger partial charge on any atom is 0.164 e. The molecule has 0 unspecified atom stereocenters. The standard InChI is InChI=1S/C29H27N3/c1-4-6-12-22(5-2)27-30-28(24-13-8-7-9-14-24)32-29(31-27)25-18-16-23(17-19-25)26-15-10-11-21(3)20-26/h5-20H,4H2,1-3H3/b12-6-,22-5+. The summed E-state index contributed by atoms with van der Waals surface area (Å²) in [6.07, 6.45) is 7.20. The number of hydrogen-bond acceptors (Lipinski definition) is 3. The second-order valence-corrected chi connectivity index (χ2v) is 7.67. The molecule has 1 heterocycles. The highest BCUT2D eigenvalue weighted by Gasteiger charge is 2.12. The van der Waals surface area contributed by atoms with Crippen LogP contribution >= 0.6 is 0 Å². The van der Waals surface area contributed by atoms with Crippen LogP contribution in [0.2, 0.25) is 0 Å². The van der Waals surface area contributed by atoms with Gasteiger partial charge in [-0.2, -0.15) is 0 Å². The van der Waals surface area contributed by atoms with E-state index < -0.39 is 0 Å². The molecule has 0 aliphatic carbocycles. The van der Waals surface area contributed by atoms with Gasteiger partial charge in [0.2, 0.25) is 0 Å². The van der Waals surface area contributed by atoms with E-state index in [1.807, 2.05) is 43.3 Å². The Bertz CT molecular complexity index is 1250. The van der Waals surface area contributed by atoms with E-state index in [0.29, 0.717) is 17.5 Å². The van der Waals surface area contributed by atoms with E-state index in [-0.39, 0.29) is 0 Å². The van der Waals surface area contributed by atoms with Gasteiger partial charge in [0.15, 0.2) is 17.5 Å². The van der Waals surface area contributed by atoms with Crippen molar-refractivity contribution in [3.8, 4) is 33.9 Å². The minimum atomic E-state index is 0.675. The largest absolute Gasteiger partial charge is 0.208 e. The fraction of sp³-hybridized carbons (Fsp3) is 0.138. The highest BCUT2D eigenvalue weighted by atomic mass is 15.0. The molecular formula is C29H27N3. The van der Waals surface area contributed by atoms with Gasteiger partial charge in [-0.25, -0.2) is 15.0 Å². The second kappa shape index (κ2) is 9.97. The lowest BCUT2D eigenvalue weighted by atomic mass is 10.0. The van der Waals surface area contributed by atoms with Gasteiger partial charge >= 0.3 is 0 Å². The summed E-state index contributed by atoms with van der Waals surface area (Å²) in [6, 6.07) is 27.0. The van der Waals surface area contributed by atoms with Gasteiger partial charge < -0.3 is 0 Å². The summed E-state index contributed by atoms with van der Waals surface area (Å²) in [6.45, 7) is 6.24. The minimum absolute atomic E-state index is 0.675. The first-order chi connectivity index (χ1) is 15.7. The third kappa shape index (κ3) is 4.89. The van der Waals surface area contributed by atoms with Gasteiger partial charge in [-0.05, 0) is 31.4 Å².